The Kier molecular flexibility index (Phi) is 8.12. The Morgan fingerprint density at radius 1 is 0.860 bits per heavy atom. The van der Waals surface area contributed by atoms with Gasteiger partial charge in [-0.25, -0.2) is 14.8 Å². The third kappa shape index (κ3) is 6.03. The van der Waals surface area contributed by atoms with E-state index in [-0.39, 0.29) is 16.5 Å². The van der Waals surface area contributed by atoms with Crippen LogP contribution in [0.4, 0.5) is 5.69 Å². The molecule has 3 aromatic carbocycles. The highest BCUT2D eigenvalue weighted by Crippen LogP contribution is 2.49. The zero-order valence-corrected chi connectivity index (χ0v) is 25.5. The molecule has 2 heterocycles. The number of aromatic nitrogens is 2. The molecule has 0 radical (unpaired) electrons. The molecule has 5 rings (SSSR count). The molecule has 0 fully saturated rings. The molecule has 1 aromatic heterocycles. The number of rotatable bonds is 9. The standard InChI is InChI=1S/C34H35N3O5S/c1-33(2,3)29(26-17-11-18-27(21-26)37(4)43(40,41)32-35-19-12-20-36-32)28-30(38)34(42-31(28)39,22-24-13-7-5-8-14-24)23-25-15-9-6-10-16-25/h5-21,29,38H,22-23H2,1-4H3. The van der Waals surface area contributed by atoms with Crippen molar-refractivity contribution in [1.82, 2.24) is 9.97 Å². The van der Waals surface area contributed by atoms with E-state index in [0.717, 1.165) is 15.4 Å². The number of anilines is 1. The molecule has 1 aliphatic heterocycles. The monoisotopic (exact) mass is 597 g/mol. The van der Waals surface area contributed by atoms with Gasteiger partial charge in [0.15, 0.2) is 5.60 Å². The highest BCUT2D eigenvalue weighted by atomic mass is 32.2. The Bertz CT molecular complexity index is 1690. The zero-order chi connectivity index (χ0) is 30.8. The van der Waals surface area contributed by atoms with Crippen molar-refractivity contribution < 1.29 is 23.1 Å². The van der Waals surface area contributed by atoms with Crippen LogP contribution >= 0.6 is 0 Å². The summed E-state index contributed by atoms with van der Waals surface area (Å²) in [5, 5.41) is 11.7. The summed E-state index contributed by atoms with van der Waals surface area (Å²) in [4.78, 5) is 21.7. The molecule has 0 saturated carbocycles. The number of aliphatic hydroxyl groups excluding tert-OH is 1. The first-order valence-corrected chi connectivity index (χ1v) is 15.5. The molecular formula is C34H35N3O5S. The highest BCUT2D eigenvalue weighted by Gasteiger charge is 2.52. The molecule has 1 N–H and O–H groups in total. The van der Waals surface area contributed by atoms with Crippen LogP contribution in [0.5, 0.6) is 0 Å². The van der Waals surface area contributed by atoms with Gasteiger partial charge in [0.05, 0.1) is 11.3 Å². The van der Waals surface area contributed by atoms with Crippen LogP contribution in [0.25, 0.3) is 0 Å². The summed E-state index contributed by atoms with van der Waals surface area (Å²) in [5.74, 6) is -1.31. The first kappa shape index (κ1) is 30.0. The van der Waals surface area contributed by atoms with Crippen molar-refractivity contribution in [2.75, 3.05) is 11.4 Å². The molecule has 9 heteroatoms. The van der Waals surface area contributed by atoms with E-state index in [2.05, 4.69) is 9.97 Å². The summed E-state index contributed by atoms with van der Waals surface area (Å²) in [5.41, 5.74) is 1.18. The lowest BCUT2D eigenvalue weighted by molar-refractivity contribution is -0.148. The van der Waals surface area contributed by atoms with E-state index >= 15 is 0 Å². The molecule has 43 heavy (non-hydrogen) atoms. The molecule has 4 aromatic rings. The molecule has 1 unspecified atom stereocenters. The lowest BCUT2D eigenvalue weighted by Gasteiger charge is -2.32. The molecule has 222 valence electrons. The van der Waals surface area contributed by atoms with Crippen molar-refractivity contribution in [1.29, 1.82) is 0 Å². The molecular weight excluding hydrogens is 562 g/mol. The Morgan fingerprint density at radius 2 is 1.42 bits per heavy atom. The summed E-state index contributed by atoms with van der Waals surface area (Å²) in [6.07, 6.45) is 3.33. The summed E-state index contributed by atoms with van der Waals surface area (Å²) >= 11 is 0. The van der Waals surface area contributed by atoms with Gasteiger partial charge in [-0.15, -0.1) is 0 Å². The summed E-state index contributed by atoms with van der Waals surface area (Å²) in [6, 6.07) is 27.8. The van der Waals surface area contributed by atoms with E-state index in [1.807, 2.05) is 87.5 Å². The Labute approximate surface area is 252 Å². The average molecular weight is 598 g/mol. The SMILES string of the molecule is CN(c1cccc(C(C2=C(O)C(Cc3ccccc3)(Cc3ccccc3)OC2=O)C(C)(C)C)c1)S(=O)(=O)c1ncccn1. The predicted octanol–water partition coefficient (Wildman–Crippen LogP) is 6.02. The quantitative estimate of drug-likeness (QED) is 0.185. The van der Waals surface area contributed by atoms with Crippen LogP contribution in [-0.2, 0) is 32.4 Å². The van der Waals surface area contributed by atoms with Gasteiger partial charge in [0.25, 0.3) is 15.2 Å². The number of sulfonamides is 1. The van der Waals surface area contributed by atoms with Crippen LogP contribution in [0, 0.1) is 5.41 Å². The summed E-state index contributed by atoms with van der Waals surface area (Å²) < 4.78 is 33.9. The molecule has 0 spiro atoms. The van der Waals surface area contributed by atoms with E-state index in [9.17, 15) is 18.3 Å². The maximum atomic E-state index is 13.8. The van der Waals surface area contributed by atoms with Gasteiger partial charge in [0.2, 0.25) is 0 Å². The van der Waals surface area contributed by atoms with Crippen molar-refractivity contribution in [2.24, 2.45) is 5.41 Å². The van der Waals surface area contributed by atoms with E-state index in [4.69, 9.17) is 4.74 Å². The second-order valence-corrected chi connectivity index (χ2v) is 13.7. The maximum absolute atomic E-state index is 13.8. The number of benzene rings is 3. The fourth-order valence-corrected chi connectivity index (χ4v) is 6.73. The first-order chi connectivity index (χ1) is 20.4. The van der Waals surface area contributed by atoms with Crippen molar-refractivity contribution in [3.8, 4) is 0 Å². The molecule has 0 aliphatic carbocycles. The van der Waals surface area contributed by atoms with Gasteiger partial charge < -0.3 is 9.84 Å². The van der Waals surface area contributed by atoms with Gasteiger partial charge in [-0.3, -0.25) is 4.31 Å². The fraction of sp³-hybridized carbons (Fsp3) is 0.265. The molecule has 1 atom stereocenters. The minimum atomic E-state index is -4.04. The van der Waals surface area contributed by atoms with E-state index < -0.39 is 32.9 Å². The number of aliphatic hydroxyl groups is 1. The number of hydrogen-bond acceptors (Lipinski definition) is 7. The number of carbonyl (C=O) groups excluding carboxylic acids is 1. The summed E-state index contributed by atoms with van der Waals surface area (Å²) in [7, 11) is -2.61. The van der Waals surface area contributed by atoms with Crippen LogP contribution in [0.3, 0.4) is 0 Å². The van der Waals surface area contributed by atoms with Crippen LogP contribution in [0.2, 0.25) is 0 Å². The molecule has 0 bridgehead atoms. The Morgan fingerprint density at radius 3 is 1.95 bits per heavy atom. The van der Waals surface area contributed by atoms with Gasteiger partial charge >= 0.3 is 5.97 Å². The lowest BCUT2D eigenvalue weighted by atomic mass is 9.71. The minimum absolute atomic E-state index is 0.103. The average Bonchev–Trinajstić information content (AvgIpc) is 3.21. The van der Waals surface area contributed by atoms with Crippen molar-refractivity contribution in [3.63, 3.8) is 0 Å². The fourth-order valence-electron chi connectivity index (χ4n) is 5.71. The maximum Gasteiger partial charge on any atom is 0.339 e. The van der Waals surface area contributed by atoms with Crippen LogP contribution in [0.1, 0.15) is 43.4 Å². The first-order valence-electron chi connectivity index (χ1n) is 14.0. The number of nitrogens with zero attached hydrogens (tertiary/aromatic N) is 3. The van der Waals surface area contributed by atoms with E-state index in [1.54, 1.807) is 24.3 Å². The number of cyclic esters (lactones) is 1. The van der Waals surface area contributed by atoms with Gasteiger partial charge in [0.1, 0.15) is 5.76 Å². The smallest absolute Gasteiger partial charge is 0.339 e. The van der Waals surface area contributed by atoms with Gasteiger partial charge in [-0.05, 0) is 40.3 Å². The normalized spacial score (nSPS) is 15.7. The second kappa shape index (κ2) is 11.6. The van der Waals surface area contributed by atoms with Gasteiger partial charge in [-0.1, -0.05) is 93.6 Å². The summed E-state index contributed by atoms with van der Waals surface area (Å²) in [6.45, 7) is 5.93. The predicted molar refractivity (Wildman–Crippen MR) is 165 cm³/mol. The molecule has 0 saturated heterocycles. The van der Waals surface area contributed by atoms with Crippen LogP contribution in [-0.4, -0.2) is 42.1 Å². The largest absolute Gasteiger partial charge is 0.507 e. The van der Waals surface area contributed by atoms with Gasteiger partial charge in [-0.2, -0.15) is 8.42 Å². The highest BCUT2D eigenvalue weighted by molar-refractivity contribution is 7.92. The lowest BCUT2D eigenvalue weighted by Crippen LogP contribution is -2.37. The Balaban J connectivity index is 1.61. The zero-order valence-electron chi connectivity index (χ0n) is 24.6. The number of esters is 1. The van der Waals surface area contributed by atoms with Crippen LogP contribution < -0.4 is 4.31 Å². The van der Waals surface area contributed by atoms with Gasteiger partial charge in [0, 0.05) is 38.2 Å². The third-order valence-electron chi connectivity index (χ3n) is 7.71. The third-order valence-corrected chi connectivity index (χ3v) is 9.32. The molecule has 0 amide bonds. The van der Waals surface area contributed by atoms with Crippen LogP contribution in [0.15, 0.2) is 120 Å². The van der Waals surface area contributed by atoms with E-state index in [1.165, 1.54) is 19.4 Å². The number of hydrogen-bond donors (Lipinski definition) is 1. The topological polar surface area (TPSA) is 110 Å². The van der Waals surface area contributed by atoms with Crippen molar-refractivity contribution >= 4 is 21.7 Å². The molecule has 1 aliphatic rings. The number of carbonyl (C=O) groups is 1. The second-order valence-electron chi connectivity index (χ2n) is 11.9. The van der Waals surface area contributed by atoms with Crippen molar-refractivity contribution in [3.05, 3.63) is 131 Å². The molecule has 8 nitrogen and oxygen atoms in total. The number of ether oxygens (including phenoxy) is 1. The van der Waals surface area contributed by atoms with Crippen molar-refractivity contribution in [2.45, 2.75) is 50.3 Å². The minimum Gasteiger partial charge on any atom is -0.507 e. The van der Waals surface area contributed by atoms with E-state index in [0.29, 0.717) is 24.1 Å². The Hall–Kier alpha value is -4.50.